The Labute approximate surface area is 169 Å². The van der Waals surface area contributed by atoms with Crippen LogP contribution in [0.15, 0.2) is 42.9 Å². The van der Waals surface area contributed by atoms with Gasteiger partial charge in [-0.05, 0) is 23.8 Å². The molecule has 7 heteroatoms. The summed E-state index contributed by atoms with van der Waals surface area (Å²) in [5.74, 6) is 1.96. The van der Waals surface area contributed by atoms with Gasteiger partial charge in [0.05, 0.1) is 24.9 Å². The van der Waals surface area contributed by atoms with Crippen molar-refractivity contribution in [1.82, 2.24) is 19.9 Å². The van der Waals surface area contributed by atoms with Gasteiger partial charge >= 0.3 is 0 Å². The molecule has 0 bridgehead atoms. The lowest BCUT2D eigenvalue weighted by molar-refractivity contribution is 0.242. The van der Waals surface area contributed by atoms with Crippen molar-refractivity contribution < 1.29 is 9.47 Å². The maximum Gasteiger partial charge on any atom is 0.179 e. The van der Waals surface area contributed by atoms with E-state index in [-0.39, 0.29) is 0 Å². The van der Waals surface area contributed by atoms with Crippen molar-refractivity contribution >= 4 is 11.6 Å². The van der Waals surface area contributed by atoms with Crippen molar-refractivity contribution in [2.24, 2.45) is 0 Å². The van der Waals surface area contributed by atoms with Crippen LogP contribution in [0.1, 0.15) is 16.8 Å². The summed E-state index contributed by atoms with van der Waals surface area (Å²) in [5, 5.41) is 0.594. The predicted octanol–water partition coefficient (Wildman–Crippen LogP) is 3.77. The van der Waals surface area contributed by atoms with Crippen molar-refractivity contribution in [1.29, 1.82) is 0 Å². The van der Waals surface area contributed by atoms with Crippen molar-refractivity contribution in [3.8, 4) is 22.9 Å². The number of pyridine rings is 1. The molecule has 0 unspecified atom stereocenters. The fourth-order valence-electron chi connectivity index (χ4n) is 3.44. The summed E-state index contributed by atoms with van der Waals surface area (Å²) in [4.78, 5) is 15.7. The Kier molecular flexibility index (Phi) is 5.41. The number of hydrogen-bond donors (Lipinski definition) is 0. The molecule has 1 aliphatic rings. The molecule has 6 nitrogen and oxygen atoms in total. The van der Waals surface area contributed by atoms with E-state index in [1.54, 1.807) is 26.6 Å². The number of halogens is 1. The molecular weight excluding hydrogens is 376 g/mol. The van der Waals surface area contributed by atoms with Crippen molar-refractivity contribution in [3.63, 3.8) is 0 Å². The molecule has 0 fully saturated rings. The summed E-state index contributed by atoms with van der Waals surface area (Å²) in [6, 6.07) is 7.73. The largest absolute Gasteiger partial charge is 0.493 e. The molecule has 1 aliphatic heterocycles. The number of aromatic nitrogens is 3. The lowest BCUT2D eigenvalue weighted by Gasteiger charge is -2.28. The first-order chi connectivity index (χ1) is 13.7. The van der Waals surface area contributed by atoms with E-state index in [4.69, 9.17) is 26.1 Å². The van der Waals surface area contributed by atoms with Crippen LogP contribution in [-0.4, -0.2) is 40.6 Å². The first-order valence-electron chi connectivity index (χ1n) is 9.06. The smallest absolute Gasteiger partial charge is 0.179 e. The molecule has 0 aliphatic carbocycles. The van der Waals surface area contributed by atoms with E-state index in [1.807, 2.05) is 30.5 Å². The summed E-state index contributed by atoms with van der Waals surface area (Å²) < 4.78 is 10.7. The highest BCUT2D eigenvalue weighted by Gasteiger charge is 2.21. The van der Waals surface area contributed by atoms with Gasteiger partial charge in [0, 0.05) is 55.8 Å². The van der Waals surface area contributed by atoms with Crippen molar-refractivity contribution in [2.45, 2.75) is 19.5 Å². The Morgan fingerprint density at radius 2 is 1.93 bits per heavy atom. The van der Waals surface area contributed by atoms with E-state index in [0.29, 0.717) is 16.5 Å². The van der Waals surface area contributed by atoms with E-state index in [1.165, 1.54) is 0 Å². The summed E-state index contributed by atoms with van der Waals surface area (Å²) in [5.41, 5.74) is 4.26. The zero-order valence-corrected chi connectivity index (χ0v) is 16.6. The molecule has 4 rings (SSSR count). The minimum atomic E-state index is 0.574. The molecule has 144 valence electrons. The molecule has 0 amide bonds. The topological polar surface area (TPSA) is 60.4 Å². The van der Waals surface area contributed by atoms with Crippen LogP contribution in [0.3, 0.4) is 0 Å². The standard InChI is InChI=1S/C21H21ClN4O2/c1-27-18-4-3-15(19(22)20(18)28-2)12-26-10-7-17-16(13-26)11-24-21(25-17)14-5-8-23-9-6-14/h3-6,8-9,11H,7,10,12-13H2,1-2H3. The number of ether oxygens (including phenoxy) is 2. The average Bonchev–Trinajstić information content (AvgIpc) is 2.75. The summed E-state index contributed by atoms with van der Waals surface area (Å²) in [6.07, 6.45) is 6.32. The maximum atomic E-state index is 6.54. The second-order valence-corrected chi connectivity index (χ2v) is 7.01. The minimum Gasteiger partial charge on any atom is -0.493 e. The molecule has 28 heavy (non-hydrogen) atoms. The number of methoxy groups -OCH3 is 2. The molecule has 0 saturated heterocycles. The van der Waals surface area contributed by atoms with Crippen LogP contribution in [0, 0.1) is 0 Å². The van der Waals surface area contributed by atoms with Crippen LogP contribution in [0.25, 0.3) is 11.4 Å². The lowest BCUT2D eigenvalue weighted by atomic mass is 10.1. The van der Waals surface area contributed by atoms with Crippen LogP contribution < -0.4 is 9.47 Å². The number of nitrogens with zero attached hydrogens (tertiary/aromatic N) is 4. The lowest BCUT2D eigenvalue weighted by Crippen LogP contribution is -2.31. The first-order valence-corrected chi connectivity index (χ1v) is 9.44. The molecule has 2 aromatic heterocycles. The van der Waals surface area contributed by atoms with Crippen LogP contribution in [0.2, 0.25) is 5.02 Å². The fraction of sp³-hybridized carbons (Fsp3) is 0.286. The molecule has 1 aromatic carbocycles. The Morgan fingerprint density at radius 1 is 1.11 bits per heavy atom. The molecule has 0 radical (unpaired) electrons. The molecular formula is C21H21ClN4O2. The molecule has 3 aromatic rings. The quantitative estimate of drug-likeness (QED) is 0.654. The zero-order chi connectivity index (χ0) is 19.5. The maximum absolute atomic E-state index is 6.54. The van der Waals surface area contributed by atoms with Crippen LogP contribution >= 0.6 is 11.6 Å². The molecule has 0 N–H and O–H groups in total. The normalized spacial score (nSPS) is 13.8. The van der Waals surface area contributed by atoms with Gasteiger partial charge in [0.2, 0.25) is 0 Å². The van der Waals surface area contributed by atoms with E-state index in [9.17, 15) is 0 Å². The Balaban J connectivity index is 1.52. The highest BCUT2D eigenvalue weighted by molar-refractivity contribution is 6.33. The zero-order valence-electron chi connectivity index (χ0n) is 15.9. The first kappa shape index (κ1) is 18.7. The van der Waals surface area contributed by atoms with Crippen molar-refractivity contribution in [2.75, 3.05) is 20.8 Å². The van der Waals surface area contributed by atoms with E-state index >= 15 is 0 Å². The van der Waals surface area contributed by atoms with Gasteiger partial charge in [-0.1, -0.05) is 17.7 Å². The van der Waals surface area contributed by atoms with Gasteiger partial charge in [-0.2, -0.15) is 0 Å². The number of fused-ring (bicyclic) bond motifs is 1. The van der Waals surface area contributed by atoms with Gasteiger partial charge in [0.1, 0.15) is 0 Å². The monoisotopic (exact) mass is 396 g/mol. The van der Waals surface area contributed by atoms with Gasteiger partial charge in [-0.15, -0.1) is 0 Å². The predicted molar refractivity (Wildman–Crippen MR) is 108 cm³/mol. The number of hydrogen-bond acceptors (Lipinski definition) is 6. The minimum absolute atomic E-state index is 0.574. The summed E-state index contributed by atoms with van der Waals surface area (Å²) in [7, 11) is 3.21. The van der Waals surface area contributed by atoms with E-state index < -0.39 is 0 Å². The van der Waals surface area contributed by atoms with Gasteiger partial charge in [0.15, 0.2) is 17.3 Å². The van der Waals surface area contributed by atoms with Gasteiger partial charge in [0.25, 0.3) is 0 Å². The highest BCUT2D eigenvalue weighted by Crippen LogP contribution is 2.38. The molecule has 0 atom stereocenters. The van der Waals surface area contributed by atoms with Gasteiger partial charge < -0.3 is 9.47 Å². The number of benzene rings is 1. The third kappa shape index (κ3) is 3.66. The fourth-order valence-corrected chi connectivity index (χ4v) is 3.74. The second kappa shape index (κ2) is 8.12. The average molecular weight is 397 g/mol. The Bertz CT molecular complexity index is 982. The third-order valence-electron chi connectivity index (χ3n) is 4.91. The Morgan fingerprint density at radius 3 is 2.68 bits per heavy atom. The van der Waals surface area contributed by atoms with Crippen molar-refractivity contribution in [3.05, 3.63) is 64.7 Å². The van der Waals surface area contributed by atoms with Crippen LogP contribution in [-0.2, 0) is 19.5 Å². The number of rotatable bonds is 5. The third-order valence-corrected chi connectivity index (χ3v) is 5.32. The highest BCUT2D eigenvalue weighted by atomic mass is 35.5. The molecule has 0 spiro atoms. The van der Waals surface area contributed by atoms with E-state index in [2.05, 4.69) is 14.9 Å². The SMILES string of the molecule is COc1ccc(CN2CCc3nc(-c4ccncc4)ncc3C2)c(Cl)c1OC. The Hall–Kier alpha value is -2.70. The summed E-state index contributed by atoms with van der Waals surface area (Å²) >= 11 is 6.54. The van der Waals surface area contributed by atoms with Gasteiger partial charge in [-0.3, -0.25) is 9.88 Å². The van der Waals surface area contributed by atoms with Crippen LogP contribution in [0.5, 0.6) is 11.5 Å². The van der Waals surface area contributed by atoms with Crippen LogP contribution in [0.4, 0.5) is 0 Å². The summed E-state index contributed by atoms with van der Waals surface area (Å²) in [6.45, 7) is 2.42. The van der Waals surface area contributed by atoms with E-state index in [0.717, 1.165) is 54.3 Å². The molecule has 0 saturated carbocycles. The van der Waals surface area contributed by atoms with Gasteiger partial charge in [-0.25, -0.2) is 9.97 Å². The second-order valence-electron chi connectivity index (χ2n) is 6.64. The molecule has 3 heterocycles.